The maximum atomic E-state index is 12.3. The number of nitrogens with two attached hydrogens (primary N) is 1. The number of hydrogen-bond donors (Lipinski definition) is 2. The highest BCUT2D eigenvalue weighted by Crippen LogP contribution is 2.22. The summed E-state index contributed by atoms with van der Waals surface area (Å²) in [6, 6.07) is 13.3. The molecule has 3 rings (SSSR count). The molecule has 0 radical (unpaired) electrons. The van der Waals surface area contributed by atoms with E-state index in [1.54, 1.807) is 0 Å². The van der Waals surface area contributed by atoms with Gasteiger partial charge < -0.3 is 14.6 Å². The molecule has 0 bridgehead atoms. The highest BCUT2D eigenvalue weighted by molar-refractivity contribution is 7.89. The number of sulfonamides is 1. The lowest BCUT2D eigenvalue weighted by molar-refractivity contribution is -0.116. The minimum absolute atomic E-state index is 0.00277. The van der Waals surface area contributed by atoms with Crippen molar-refractivity contribution < 1.29 is 17.9 Å². The van der Waals surface area contributed by atoms with E-state index in [4.69, 9.17) is 9.88 Å². The summed E-state index contributed by atoms with van der Waals surface area (Å²) in [6.45, 7) is 2.66. The Labute approximate surface area is 151 Å². The smallest absolute Gasteiger partial charge is 0.244 e. The molecule has 2 aromatic carbocycles. The highest BCUT2D eigenvalue weighted by Gasteiger charge is 2.10. The third-order valence-corrected chi connectivity index (χ3v) is 4.76. The van der Waals surface area contributed by atoms with E-state index < -0.39 is 10.0 Å². The van der Waals surface area contributed by atoms with Crippen molar-refractivity contribution >= 4 is 32.5 Å². The lowest BCUT2D eigenvalue weighted by Crippen LogP contribution is -2.18. The molecule has 3 aromatic rings. The molecule has 7 nitrogen and oxygen atoms in total. The zero-order valence-corrected chi connectivity index (χ0v) is 15.0. The molecule has 1 heterocycles. The molecule has 0 fully saturated rings. The molecule has 8 heteroatoms. The van der Waals surface area contributed by atoms with Gasteiger partial charge in [0.2, 0.25) is 15.9 Å². The van der Waals surface area contributed by atoms with Crippen LogP contribution in [0.25, 0.3) is 10.9 Å². The van der Waals surface area contributed by atoms with Gasteiger partial charge in [-0.2, -0.15) is 0 Å². The lowest BCUT2D eigenvalue weighted by atomic mass is 10.2. The van der Waals surface area contributed by atoms with Gasteiger partial charge in [-0.1, -0.05) is 0 Å². The van der Waals surface area contributed by atoms with Crippen molar-refractivity contribution in [3.05, 3.63) is 54.7 Å². The van der Waals surface area contributed by atoms with Crippen LogP contribution < -0.4 is 15.2 Å². The van der Waals surface area contributed by atoms with Crippen molar-refractivity contribution in [1.29, 1.82) is 0 Å². The molecule has 0 saturated heterocycles. The van der Waals surface area contributed by atoms with Crippen molar-refractivity contribution in [2.24, 2.45) is 5.14 Å². The van der Waals surface area contributed by atoms with E-state index in [1.807, 2.05) is 42.0 Å². The van der Waals surface area contributed by atoms with Gasteiger partial charge in [-0.05, 0) is 55.5 Å². The molecule has 0 aliphatic heterocycles. The van der Waals surface area contributed by atoms with Crippen LogP contribution in [-0.2, 0) is 21.4 Å². The first-order valence-corrected chi connectivity index (χ1v) is 9.56. The maximum Gasteiger partial charge on any atom is 0.244 e. The Kier molecular flexibility index (Phi) is 4.97. The molecule has 136 valence electrons. The van der Waals surface area contributed by atoms with Gasteiger partial charge in [0.05, 0.1) is 11.5 Å². The second-order valence-corrected chi connectivity index (χ2v) is 7.28. The van der Waals surface area contributed by atoms with Crippen LogP contribution in [0.5, 0.6) is 5.75 Å². The summed E-state index contributed by atoms with van der Waals surface area (Å²) in [6.07, 6.45) is 1.84. The lowest BCUT2D eigenvalue weighted by Gasteiger charge is -2.09. The van der Waals surface area contributed by atoms with E-state index in [2.05, 4.69) is 5.32 Å². The van der Waals surface area contributed by atoms with E-state index in [-0.39, 0.29) is 17.3 Å². The monoisotopic (exact) mass is 373 g/mol. The molecule has 26 heavy (non-hydrogen) atoms. The molecule has 0 aliphatic carbocycles. The fourth-order valence-electron chi connectivity index (χ4n) is 2.66. The SMILES string of the molecule is CCOc1ccc2c(ccn2CC(=O)Nc2ccc(S(N)(=O)=O)cc2)c1. The first-order valence-electron chi connectivity index (χ1n) is 8.01. The summed E-state index contributed by atoms with van der Waals surface area (Å²) in [7, 11) is -3.75. The van der Waals surface area contributed by atoms with E-state index in [0.29, 0.717) is 12.3 Å². The predicted octanol–water partition coefficient (Wildman–Crippen LogP) is 2.33. The van der Waals surface area contributed by atoms with E-state index >= 15 is 0 Å². The second-order valence-electron chi connectivity index (χ2n) is 5.71. The van der Waals surface area contributed by atoms with Gasteiger partial charge in [-0.15, -0.1) is 0 Å². The third-order valence-electron chi connectivity index (χ3n) is 3.83. The van der Waals surface area contributed by atoms with Crippen molar-refractivity contribution in [1.82, 2.24) is 4.57 Å². The zero-order valence-electron chi connectivity index (χ0n) is 14.2. The quantitative estimate of drug-likeness (QED) is 0.692. The average Bonchev–Trinajstić information content (AvgIpc) is 2.97. The van der Waals surface area contributed by atoms with Crippen LogP contribution in [0.3, 0.4) is 0 Å². The van der Waals surface area contributed by atoms with Gasteiger partial charge in [0.15, 0.2) is 0 Å². The van der Waals surface area contributed by atoms with Gasteiger partial charge >= 0.3 is 0 Å². The van der Waals surface area contributed by atoms with Crippen LogP contribution in [0.4, 0.5) is 5.69 Å². The van der Waals surface area contributed by atoms with E-state index in [1.165, 1.54) is 24.3 Å². The number of aromatic nitrogens is 1. The van der Waals surface area contributed by atoms with Gasteiger partial charge in [-0.25, -0.2) is 13.6 Å². The Morgan fingerprint density at radius 1 is 1.15 bits per heavy atom. The van der Waals surface area contributed by atoms with Crippen LogP contribution in [-0.4, -0.2) is 25.5 Å². The molecule has 0 aliphatic rings. The minimum Gasteiger partial charge on any atom is -0.494 e. The molecule has 0 unspecified atom stereocenters. The van der Waals surface area contributed by atoms with Crippen molar-refractivity contribution in [3.8, 4) is 5.75 Å². The molecule has 0 atom stereocenters. The number of primary sulfonamides is 1. The van der Waals surface area contributed by atoms with Crippen LogP contribution in [0.15, 0.2) is 59.6 Å². The van der Waals surface area contributed by atoms with Crippen LogP contribution in [0.1, 0.15) is 6.92 Å². The summed E-state index contributed by atoms with van der Waals surface area (Å²) in [5.74, 6) is 0.567. The number of carbonyl (C=O) groups is 1. The number of benzene rings is 2. The summed E-state index contributed by atoms with van der Waals surface area (Å²) in [5.41, 5.74) is 1.42. The van der Waals surface area contributed by atoms with Crippen molar-refractivity contribution in [2.75, 3.05) is 11.9 Å². The standard InChI is InChI=1S/C18H19N3O4S/c1-2-25-15-5-8-17-13(11-15)9-10-21(17)12-18(22)20-14-3-6-16(7-4-14)26(19,23)24/h3-11H,2,12H2,1H3,(H,20,22)(H2,19,23,24). The Balaban J connectivity index is 1.71. The predicted molar refractivity (Wildman–Crippen MR) is 99.6 cm³/mol. The van der Waals surface area contributed by atoms with Crippen LogP contribution >= 0.6 is 0 Å². The average molecular weight is 373 g/mol. The summed E-state index contributed by atoms with van der Waals surface area (Å²) in [4.78, 5) is 12.3. The van der Waals surface area contributed by atoms with Gasteiger partial charge in [-0.3, -0.25) is 4.79 Å². The topological polar surface area (TPSA) is 103 Å². The largest absolute Gasteiger partial charge is 0.494 e. The van der Waals surface area contributed by atoms with Crippen LogP contribution in [0.2, 0.25) is 0 Å². The number of carbonyl (C=O) groups excluding carboxylic acids is 1. The number of nitrogens with zero attached hydrogens (tertiary/aromatic N) is 1. The molecular formula is C18H19N3O4S. The summed E-state index contributed by atoms with van der Waals surface area (Å²) >= 11 is 0. The van der Waals surface area contributed by atoms with Gasteiger partial charge in [0.25, 0.3) is 0 Å². The van der Waals surface area contributed by atoms with Gasteiger partial charge in [0, 0.05) is 22.8 Å². The molecule has 0 spiro atoms. The summed E-state index contributed by atoms with van der Waals surface area (Å²) in [5, 5.41) is 8.78. The maximum absolute atomic E-state index is 12.3. The number of anilines is 1. The Hall–Kier alpha value is -2.84. The first kappa shape index (κ1) is 18.0. The van der Waals surface area contributed by atoms with Crippen molar-refractivity contribution in [3.63, 3.8) is 0 Å². The number of rotatable bonds is 6. The highest BCUT2D eigenvalue weighted by atomic mass is 32.2. The Morgan fingerprint density at radius 2 is 1.88 bits per heavy atom. The Morgan fingerprint density at radius 3 is 2.54 bits per heavy atom. The molecule has 0 saturated carbocycles. The minimum atomic E-state index is -3.75. The third kappa shape index (κ3) is 4.04. The Bertz CT molecular complexity index is 1040. The number of fused-ring (bicyclic) bond motifs is 1. The first-order chi connectivity index (χ1) is 12.4. The molecule has 1 aromatic heterocycles. The zero-order chi connectivity index (χ0) is 18.7. The normalized spacial score (nSPS) is 11.5. The fraction of sp³-hybridized carbons (Fsp3) is 0.167. The summed E-state index contributed by atoms with van der Waals surface area (Å²) < 4.78 is 29.8. The van der Waals surface area contributed by atoms with Crippen molar-refractivity contribution in [2.45, 2.75) is 18.4 Å². The van der Waals surface area contributed by atoms with Gasteiger partial charge in [0.1, 0.15) is 12.3 Å². The van der Waals surface area contributed by atoms with E-state index in [0.717, 1.165) is 16.7 Å². The molecule has 3 N–H and O–H groups in total. The second kappa shape index (κ2) is 7.19. The number of ether oxygens (including phenoxy) is 1. The van der Waals surface area contributed by atoms with Crippen LogP contribution in [0, 0.1) is 0 Å². The number of nitrogens with one attached hydrogen (secondary N) is 1. The number of amides is 1. The van der Waals surface area contributed by atoms with E-state index in [9.17, 15) is 13.2 Å². The fourth-order valence-corrected chi connectivity index (χ4v) is 3.17. The molecular weight excluding hydrogens is 354 g/mol. The molecule has 1 amide bonds. The number of hydrogen-bond acceptors (Lipinski definition) is 4.